The van der Waals surface area contributed by atoms with E-state index in [1.54, 1.807) is 0 Å². The maximum absolute atomic E-state index is 6.00. The maximum Gasteiger partial charge on any atom is 0.0717 e. The molecular weight excluding hydrogens is 222 g/mol. The molecule has 98 valence electrons. The Kier molecular flexibility index (Phi) is 3.67. The lowest BCUT2D eigenvalue weighted by Gasteiger charge is -2.47. The molecular formula is C16H23NO. The van der Waals surface area contributed by atoms with Crippen molar-refractivity contribution in [2.75, 3.05) is 19.7 Å². The molecule has 0 radical (unpaired) electrons. The molecule has 0 aromatic heterocycles. The Morgan fingerprint density at radius 3 is 2.44 bits per heavy atom. The first-order valence-electron chi connectivity index (χ1n) is 7.21. The summed E-state index contributed by atoms with van der Waals surface area (Å²) in [5, 5.41) is 3.45. The molecule has 2 heteroatoms. The van der Waals surface area contributed by atoms with Crippen molar-refractivity contribution >= 4 is 0 Å². The summed E-state index contributed by atoms with van der Waals surface area (Å²) in [6.07, 6.45) is 5.67. The molecule has 1 saturated carbocycles. The van der Waals surface area contributed by atoms with Crippen LogP contribution in [-0.2, 0) is 11.3 Å². The number of hydrogen-bond acceptors (Lipinski definition) is 2. The quantitative estimate of drug-likeness (QED) is 0.861. The molecule has 2 nitrogen and oxygen atoms in total. The lowest BCUT2D eigenvalue weighted by Crippen LogP contribution is -2.59. The molecule has 1 saturated heterocycles. The second kappa shape index (κ2) is 5.41. The monoisotopic (exact) mass is 245 g/mol. The molecule has 0 spiro atoms. The van der Waals surface area contributed by atoms with Crippen LogP contribution in [0.3, 0.4) is 0 Å². The molecule has 18 heavy (non-hydrogen) atoms. The van der Waals surface area contributed by atoms with E-state index >= 15 is 0 Å². The van der Waals surface area contributed by atoms with Crippen molar-refractivity contribution in [3.05, 3.63) is 35.9 Å². The fraction of sp³-hybridized carbons (Fsp3) is 0.625. The van der Waals surface area contributed by atoms with Crippen LogP contribution in [0.15, 0.2) is 30.3 Å². The highest BCUT2D eigenvalue weighted by atomic mass is 16.5. The van der Waals surface area contributed by atoms with Gasteiger partial charge >= 0.3 is 0 Å². The summed E-state index contributed by atoms with van der Waals surface area (Å²) in [4.78, 5) is 0. The Hall–Kier alpha value is -0.860. The normalized spacial score (nSPS) is 22.9. The lowest BCUT2D eigenvalue weighted by atomic mass is 9.70. The van der Waals surface area contributed by atoms with E-state index in [0.717, 1.165) is 32.2 Å². The van der Waals surface area contributed by atoms with Crippen LogP contribution in [0.4, 0.5) is 0 Å². The first-order valence-corrected chi connectivity index (χ1v) is 7.21. The Morgan fingerprint density at radius 1 is 1.11 bits per heavy atom. The largest absolute Gasteiger partial charge is 0.376 e. The van der Waals surface area contributed by atoms with Gasteiger partial charge in [-0.1, -0.05) is 43.2 Å². The average molecular weight is 245 g/mol. The van der Waals surface area contributed by atoms with Crippen molar-refractivity contribution in [1.29, 1.82) is 0 Å². The zero-order valence-electron chi connectivity index (χ0n) is 11.0. The molecule has 1 heterocycles. The highest BCUT2D eigenvalue weighted by Crippen LogP contribution is 2.42. The molecule has 0 bridgehead atoms. The molecule has 0 unspecified atom stereocenters. The van der Waals surface area contributed by atoms with E-state index in [2.05, 4.69) is 35.6 Å². The zero-order chi connectivity index (χ0) is 12.3. The van der Waals surface area contributed by atoms with Gasteiger partial charge in [0.25, 0.3) is 0 Å². The summed E-state index contributed by atoms with van der Waals surface area (Å²) in [6, 6.07) is 10.5. The summed E-state index contributed by atoms with van der Waals surface area (Å²) in [6.45, 7) is 4.01. The van der Waals surface area contributed by atoms with Gasteiger partial charge < -0.3 is 10.1 Å². The van der Waals surface area contributed by atoms with Crippen LogP contribution in [0.2, 0.25) is 0 Å². The summed E-state index contributed by atoms with van der Waals surface area (Å²) < 4.78 is 6.00. The standard InChI is InChI=1S/C16H23NO/c1-2-6-14(7-3-1)10-18-13-16(11-17-12-16)15-8-4-5-9-15/h1-3,6-7,15,17H,4-5,8-13H2. The van der Waals surface area contributed by atoms with Gasteiger partial charge in [-0.05, 0) is 24.3 Å². The number of ether oxygens (including phenoxy) is 1. The van der Waals surface area contributed by atoms with Crippen LogP contribution in [0.5, 0.6) is 0 Å². The minimum atomic E-state index is 0.450. The fourth-order valence-electron chi connectivity index (χ4n) is 3.44. The van der Waals surface area contributed by atoms with E-state index in [4.69, 9.17) is 4.74 Å². The Bertz CT molecular complexity index is 366. The van der Waals surface area contributed by atoms with E-state index in [9.17, 15) is 0 Å². The van der Waals surface area contributed by atoms with Crippen LogP contribution in [0.1, 0.15) is 31.2 Å². The molecule has 0 atom stereocenters. The first-order chi connectivity index (χ1) is 8.89. The minimum absolute atomic E-state index is 0.450. The number of hydrogen-bond donors (Lipinski definition) is 1. The molecule has 1 aromatic carbocycles. The predicted octanol–water partition coefficient (Wildman–Crippen LogP) is 2.98. The van der Waals surface area contributed by atoms with Crippen molar-refractivity contribution < 1.29 is 4.74 Å². The molecule has 0 amide bonds. The van der Waals surface area contributed by atoms with Crippen molar-refractivity contribution in [1.82, 2.24) is 5.32 Å². The third kappa shape index (κ3) is 2.45. The van der Waals surface area contributed by atoms with E-state index in [1.165, 1.54) is 31.2 Å². The van der Waals surface area contributed by atoms with Gasteiger partial charge in [-0.15, -0.1) is 0 Å². The predicted molar refractivity (Wildman–Crippen MR) is 73.4 cm³/mol. The van der Waals surface area contributed by atoms with Gasteiger partial charge in [-0.25, -0.2) is 0 Å². The van der Waals surface area contributed by atoms with Crippen LogP contribution < -0.4 is 5.32 Å². The topological polar surface area (TPSA) is 21.3 Å². The van der Waals surface area contributed by atoms with Crippen LogP contribution in [0.25, 0.3) is 0 Å². The van der Waals surface area contributed by atoms with E-state index in [-0.39, 0.29) is 0 Å². The van der Waals surface area contributed by atoms with E-state index < -0.39 is 0 Å². The second-order valence-corrected chi connectivity index (χ2v) is 5.93. The average Bonchev–Trinajstić information content (AvgIpc) is 2.88. The molecule has 3 rings (SSSR count). The van der Waals surface area contributed by atoms with Crippen molar-refractivity contribution in [3.8, 4) is 0 Å². The molecule has 1 aromatic rings. The summed E-state index contributed by atoms with van der Waals surface area (Å²) >= 11 is 0. The van der Waals surface area contributed by atoms with Crippen molar-refractivity contribution in [2.45, 2.75) is 32.3 Å². The highest BCUT2D eigenvalue weighted by molar-refractivity contribution is 5.13. The molecule has 1 N–H and O–H groups in total. The van der Waals surface area contributed by atoms with Gasteiger partial charge in [-0.3, -0.25) is 0 Å². The van der Waals surface area contributed by atoms with Crippen LogP contribution >= 0.6 is 0 Å². The van der Waals surface area contributed by atoms with Gasteiger partial charge in [0.1, 0.15) is 0 Å². The Morgan fingerprint density at radius 2 is 1.83 bits per heavy atom. The number of benzene rings is 1. The second-order valence-electron chi connectivity index (χ2n) is 5.93. The Labute approximate surface area is 110 Å². The summed E-state index contributed by atoms with van der Waals surface area (Å²) in [5.74, 6) is 0.898. The zero-order valence-corrected chi connectivity index (χ0v) is 11.0. The van der Waals surface area contributed by atoms with Gasteiger partial charge in [0.05, 0.1) is 13.2 Å². The summed E-state index contributed by atoms with van der Waals surface area (Å²) in [7, 11) is 0. The third-order valence-electron chi connectivity index (χ3n) is 4.68. The molecule has 1 aliphatic heterocycles. The number of nitrogens with one attached hydrogen (secondary N) is 1. The summed E-state index contributed by atoms with van der Waals surface area (Å²) in [5.41, 5.74) is 1.73. The van der Waals surface area contributed by atoms with Gasteiger partial charge in [-0.2, -0.15) is 0 Å². The molecule has 1 aliphatic carbocycles. The maximum atomic E-state index is 6.00. The van der Waals surface area contributed by atoms with Gasteiger partial charge in [0, 0.05) is 18.5 Å². The highest BCUT2D eigenvalue weighted by Gasteiger charge is 2.45. The van der Waals surface area contributed by atoms with Crippen molar-refractivity contribution in [3.63, 3.8) is 0 Å². The van der Waals surface area contributed by atoms with Crippen LogP contribution in [0, 0.1) is 11.3 Å². The minimum Gasteiger partial charge on any atom is -0.376 e. The molecule has 2 fully saturated rings. The fourth-order valence-corrected chi connectivity index (χ4v) is 3.44. The smallest absolute Gasteiger partial charge is 0.0717 e. The van der Waals surface area contributed by atoms with E-state index in [1.807, 2.05) is 0 Å². The van der Waals surface area contributed by atoms with Crippen molar-refractivity contribution in [2.24, 2.45) is 11.3 Å². The Balaban J connectivity index is 1.52. The lowest BCUT2D eigenvalue weighted by molar-refractivity contribution is -0.0348. The molecule has 2 aliphatic rings. The van der Waals surface area contributed by atoms with Crippen LogP contribution in [-0.4, -0.2) is 19.7 Å². The van der Waals surface area contributed by atoms with Gasteiger partial charge in [0.2, 0.25) is 0 Å². The number of rotatable bonds is 5. The SMILES string of the molecule is c1ccc(COCC2(C3CCCC3)CNC2)cc1. The first kappa shape index (κ1) is 12.2. The van der Waals surface area contributed by atoms with Gasteiger partial charge in [0.15, 0.2) is 0 Å². The third-order valence-corrected chi connectivity index (χ3v) is 4.68. The van der Waals surface area contributed by atoms with E-state index in [0.29, 0.717) is 5.41 Å².